The predicted molar refractivity (Wildman–Crippen MR) is 51.4 cm³/mol. The smallest absolute Gasteiger partial charge is 0.0780 e. The van der Waals surface area contributed by atoms with E-state index in [4.69, 9.17) is 4.74 Å². The van der Waals surface area contributed by atoms with Gasteiger partial charge in [-0.2, -0.15) is 0 Å². The van der Waals surface area contributed by atoms with Crippen molar-refractivity contribution in [3.63, 3.8) is 0 Å². The molecule has 0 saturated carbocycles. The largest absolute Gasteiger partial charge is 0.375 e. The van der Waals surface area contributed by atoms with Crippen LogP contribution in [0.25, 0.3) is 0 Å². The molecule has 0 aromatic rings. The molecule has 2 atom stereocenters. The molecule has 2 bridgehead atoms. The van der Waals surface area contributed by atoms with Crippen LogP contribution in [0.5, 0.6) is 0 Å². The molecule has 2 unspecified atom stereocenters. The average molecular weight is 179 g/mol. The van der Waals surface area contributed by atoms with Gasteiger partial charge in [0.05, 0.1) is 12.2 Å². The van der Waals surface area contributed by atoms with Crippen LogP contribution in [-0.2, 0) is 4.74 Å². The average Bonchev–Trinajstić information content (AvgIpc) is 2.75. The maximum atomic E-state index is 5.78. The van der Waals surface area contributed by atoms with Crippen LogP contribution in [0.15, 0.2) is 11.8 Å². The molecule has 0 spiro atoms. The van der Waals surface area contributed by atoms with E-state index in [0.29, 0.717) is 12.2 Å². The van der Waals surface area contributed by atoms with Crippen molar-refractivity contribution in [2.24, 2.45) is 0 Å². The third-order valence-corrected chi connectivity index (χ3v) is 3.47. The van der Waals surface area contributed by atoms with E-state index in [1.165, 1.54) is 45.2 Å². The first kappa shape index (κ1) is 7.86. The van der Waals surface area contributed by atoms with Gasteiger partial charge in [-0.25, -0.2) is 0 Å². The lowest BCUT2D eigenvalue weighted by Crippen LogP contribution is -2.26. The minimum absolute atomic E-state index is 0.453. The summed E-state index contributed by atoms with van der Waals surface area (Å²) in [5.74, 6) is 0. The Morgan fingerprint density at radius 1 is 1.23 bits per heavy atom. The Labute approximate surface area is 79.6 Å². The molecule has 3 aliphatic heterocycles. The van der Waals surface area contributed by atoms with Crippen LogP contribution < -0.4 is 0 Å². The standard InChI is InChI=1S/C11H17NO/c1-2-6-12(5-1)9-7-10-3-4-11(8-9)13-10/h7,10-11H,1-6,8H2. The molecule has 3 heterocycles. The Balaban J connectivity index is 1.76. The van der Waals surface area contributed by atoms with Crippen LogP contribution >= 0.6 is 0 Å². The maximum Gasteiger partial charge on any atom is 0.0780 e. The van der Waals surface area contributed by atoms with E-state index in [0.717, 1.165) is 0 Å². The molecule has 3 aliphatic rings. The second kappa shape index (κ2) is 3.02. The fourth-order valence-electron chi connectivity index (χ4n) is 2.76. The summed E-state index contributed by atoms with van der Waals surface area (Å²) in [6.07, 6.45) is 9.84. The monoisotopic (exact) mass is 179 g/mol. The predicted octanol–water partition coefficient (Wildman–Crippen LogP) is 1.92. The highest BCUT2D eigenvalue weighted by molar-refractivity contribution is 5.13. The summed E-state index contributed by atoms with van der Waals surface area (Å²) in [6.45, 7) is 2.57. The molecule has 0 aliphatic carbocycles. The molecular weight excluding hydrogens is 162 g/mol. The van der Waals surface area contributed by atoms with Gasteiger partial charge >= 0.3 is 0 Å². The van der Waals surface area contributed by atoms with Gasteiger partial charge in [-0.3, -0.25) is 0 Å². The molecule has 2 heteroatoms. The van der Waals surface area contributed by atoms with E-state index in [-0.39, 0.29) is 0 Å². The number of ether oxygens (including phenoxy) is 1. The number of fused-ring (bicyclic) bond motifs is 2. The van der Waals surface area contributed by atoms with Crippen LogP contribution in [0.3, 0.4) is 0 Å². The topological polar surface area (TPSA) is 12.5 Å². The zero-order valence-electron chi connectivity index (χ0n) is 8.04. The summed E-state index contributed by atoms with van der Waals surface area (Å²) in [4.78, 5) is 2.56. The molecule has 0 aromatic heterocycles. The molecule has 0 amide bonds. The van der Waals surface area contributed by atoms with Crippen molar-refractivity contribution in [1.29, 1.82) is 0 Å². The van der Waals surface area contributed by atoms with Crippen LogP contribution in [0.4, 0.5) is 0 Å². The number of hydrogen-bond donors (Lipinski definition) is 0. The Morgan fingerprint density at radius 3 is 2.85 bits per heavy atom. The highest BCUT2D eigenvalue weighted by Gasteiger charge is 2.31. The number of likely N-dealkylation sites (tertiary alicyclic amines) is 1. The summed E-state index contributed by atoms with van der Waals surface area (Å²) in [5, 5.41) is 0. The summed E-state index contributed by atoms with van der Waals surface area (Å²) < 4.78 is 5.78. The number of rotatable bonds is 1. The quantitative estimate of drug-likeness (QED) is 0.609. The van der Waals surface area contributed by atoms with Gasteiger partial charge in [0.1, 0.15) is 0 Å². The minimum Gasteiger partial charge on any atom is -0.375 e. The first-order chi connectivity index (χ1) is 6.42. The first-order valence-electron chi connectivity index (χ1n) is 5.53. The Kier molecular flexibility index (Phi) is 1.82. The van der Waals surface area contributed by atoms with Gasteiger partial charge in [0.2, 0.25) is 0 Å². The summed E-state index contributed by atoms with van der Waals surface area (Å²) in [5.41, 5.74) is 1.58. The summed E-state index contributed by atoms with van der Waals surface area (Å²) >= 11 is 0. The van der Waals surface area contributed by atoms with Crippen molar-refractivity contribution in [3.8, 4) is 0 Å². The van der Waals surface area contributed by atoms with E-state index in [1.54, 1.807) is 5.70 Å². The van der Waals surface area contributed by atoms with Crippen molar-refractivity contribution >= 4 is 0 Å². The Bertz CT molecular complexity index is 230. The Morgan fingerprint density at radius 2 is 2.08 bits per heavy atom. The zero-order valence-corrected chi connectivity index (χ0v) is 8.04. The number of nitrogens with zero attached hydrogens (tertiary/aromatic N) is 1. The summed E-state index contributed by atoms with van der Waals surface area (Å²) in [7, 11) is 0. The van der Waals surface area contributed by atoms with E-state index >= 15 is 0 Å². The molecule has 2 fully saturated rings. The van der Waals surface area contributed by atoms with Gasteiger partial charge in [0.15, 0.2) is 0 Å². The van der Waals surface area contributed by atoms with Crippen LogP contribution in [0.2, 0.25) is 0 Å². The molecule has 2 saturated heterocycles. The first-order valence-corrected chi connectivity index (χ1v) is 5.53. The minimum atomic E-state index is 0.453. The van der Waals surface area contributed by atoms with Gasteiger partial charge in [0, 0.05) is 25.2 Å². The van der Waals surface area contributed by atoms with E-state index < -0.39 is 0 Å². The van der Waals surface area contributed by atoms with Crippen molar-refractivity contribution in [1.82, 2.24) is 4.90 Å². The molecule has 0 N–H and O–H groups in total. The molecule has 72 valence electrons. The van der Waals surface area contributed by atoms with Gasteiger partial charge < -0.3 is 9.64 Å². The lowest BCUT2D eigenvalue weighted by Gasteiger charge is -2.28. The fraction of sp³-hybridized carbons (Fsp3) is 0.818. The molecule has 13 heavy (non-hydrogen) atoms. The third-order valence-electron chi connectivity index (χ3n) is 3.47. The SMILES string of the molecule is C1=C(N2CCCC2)CC2CCC1O2. The van der Waals surface area contributed by atoms with Crippen molar-refractivity contribution in [2.45, 2.75) is 44.3 Å². The van der Waals surface area contributed by atoms with Gasteiger partial charge in [-0.15, -0.1) is 0 Å². The second-order valence-corrected chi connectivity index (χ2v) is 4.43. The molecule has 3 rings (SSSR count). The van der Waals surface area contributed by atoms with Gasteiger partial charge in [-0.05, 0) is 31.8 Å². The Hall–Kier alpha value is -0.500. The molecule has 0 radical (unpaired) electrons. The highest BCUT2D eigenvalue weighted by Crippen LogP contribution is 2.33. The molecule has 0 aromatic carbocycles. The van der Waals surface area contributed by atoms with E-state index in [2.05, 4.69) is 11.0 Å². The molecular formula is C11H17NO. The summed E-state index contributed by atoms with van der Waals surface area (Å²) in [6, 6.07) is 0. The van der Waals surface area contributed by atoms with Crippen LogP contribution in [-0.4, -0.2) is 30.2 Å². The lowest BCUT2D eigenvalue weighted by molar-refractivity contribution is 0.0526. The van der Waals surface area contributed by atoms with Crippen LogP contribution in [0.1, 0.15) is 32.1 Å². The van der Waals surface area contributed by atoms with Crippen molar-refractivity contribution in [3.05, 3.63) is 11.8 Å². The van der Waals surface area contributed by atoms with Crippen molar-refractivity contribution < 1.29 is 4.74 Å². The maximum absolute atomic E-state index is 5.78. The molecule has 2 nitrogen and oxygen atoms in total. The van der Waals surface area contributed by atoms with E-state index in [9.17, 15) is 0 Å². The highest BCUT2D eigenvalue weighted by atomic mass is 16.5. The van der Waals surface area contributed by atoms with Crippen LogP contribution in [0, 0.1) is 0 Å². The normalized spacial score (nSPS) is 38.2. The third kappa shape index (κ3) is 1.37. The second-order valence-electron chi connectivity index (χ2n) is 4.43. The van der Waals surface area contributed by atoms with Crippen molar-refractivity contribution in [2.75, 3.05) is 13.1 Å². The van der Waals surface area contributed by atoms with Gasteiger partial charge in [-0.1, -0.05) is 0 Å². The lowest BCUT2D eigenvalue weighted by atomic mass is 10.1. The number of hydrogen-bond acceptors (Lipinski definition) is 2. The van der Waals surface area contributed by atoms with E-state index in [1.807, 2.05) is 0 Å². The fourth-order valence-corrected chi connectivity index (χ4v) is 2.76. The zero-order chi connectivity index (χ0) is 8.67. The van der Waals surface area contributed by atoms with Gasteiger partial charge in [0.25, 0.3) is 0 Å².